The van der Waals surface area contributed by atoms with Crippen LogP contribution < -0.4 is 4.74 Å². The number of ether oxygens (including phenoxy) is 2. The van der Waals surface area contributed by atoms with Gasteiger partial charge in [-0.25, -0.2) is 4.79 Å². The summed E-state index contributed by atoms with van der Waals surface area (Å²) in [7, 11) is 0. The van der Waals surface area contributed by atoms with Crippen molar-refractivity contribution in [2.45, 2.75) is 31.8 Å². The van der Waals surface area contributed by atoms with Crippen LogP contribution in [0.5, 0.6) is 5.75 Å². The van der Waals surface area contributed by atoms with E-state index in [1.807, 2.05) is 6.08 Å². The van der Waals surface area contributed by atoms with Crippen molar-refractivity contribution in [3.63, 3.8) is 0 Å². The van der Waals surface area contributed by atoms with Crippen LogP contribution in [0.4, 0.5) is 10.5 Å². The topological polar surface area (TPSA) is 78.7 Å². The number of hydrogen-bond donors (Lipinski definition) is 0. The summed E-state index contributed by atoms with van der Waals surface area (Å²) in [5, 5.41) is 10.6. The van der Waals surface area contributed by atoms with Crippen LogP contribution in [0.3, 0.4) is 0 Å². The van der Waals surface area contributed by atoms with E-state index in [4.69, 9.17) is 9.47 Å². The van der Waals surface area contributed by atoms with Crippen LogP contribution >= 0.6 is 0 Å². The van der Waals surface area contributed by atoms with E-state index in [0.717, 1.165) is 12.3 Å². The average Bonchev–Trinajstić information content (AvgIpc) is 3.16. The largest absolute Gasteiger partial charge is 0.514 e. The smallest absolute Gasteiger partial charge is 0.426 e. The zero-order valence-corrected chi connectivity index (χ0v) is 13.2. The van der Waals surface area contributed by atoms with Crippen molar-refractivity contribution in [2.75, 3.05) is 0 Å². The number of non-ortho nitro benzene ring substituents is 1. The highest BCUT2D eigenvalue weighted by Gasteiger charge is 2.49. The maximum Gasteiger partial charge on any atom is 0.514 e. The van der Waals surface area contributed by atoms with Crippen LogP contribution in [-0.4, -0.2) is 17.2 Å². The molecule has 4 rings (SSSR count). The predicted molar refractivity (Wildman–Crippen MR) is 85.6 cm³/mol. The normalized spacial score (nSPS) is 33.1. The minimum Gasteiger partial charge on any atom is -0.426 e. The zero-order chi connectivity index (χ0) is 16.7. The minimum absolute atomic E-state index is 0.0461. The number of benzene rings is 1. The molecule has 0 amide bonds. The molecule has 2 saturated carbocycles. The molecule has 0 N–H and O–H groups in total. The molecule has 126 valence electrons. The van der Waals surface area contributed by atoms with Crippen LogP contribution in [0.1, 0.15) is 25.7 Å². The first kappa shape index (κ1) is 15.2. The highest BCUT2D eigenvalue weighted by atomic mass is 16.7. The number of allylic oxidation sites excluding steroid dienone is 1. The molecule has 6 heteroatoms. The lowest BCUT2D eigenvalue weighted by Gasteiger charge is -2.32. The van der Waals surface area contributed by atoms with Crippen molar-refractivity contribution in [1.29, 1.82) is 0 Å². The molecule has 0 unspecified atom stereocenters. The summed E-state index contributed by atoms with van der Waals surface area (Å²) in [6.07, 6.45) is 8.11. The first-order chi connectivity index (χ1) is 11.6. The van der Waals surface area contributed by atoms with Gasteiger partial charge in [0, 0.05) is 18.1 Å². The first-order valence-electron chi connectivity index (χ1n) is 8.43. The van der Waals surface area contributed by atoms with Crippen LogP contribution in [0, 0.1) is 33.8 Å². The third-order valence-electron chi connectivity index (χ3n) is 5.73. The molecule has 0 radical (unpaired) electrons. The summed E-state index contributed by atoms with van der Waals surface area (Å²) < 4.78 is 10.7. The fourth-order valence-electron chi connectivity index (χ4n) is 4.74. The fourth-order valence-corrected chi connectivity index (χ4v) is 4.74. The maximum absolute atomic E-state index is 12.1. The highest BCUT2D eigenvalue weighted by molar-refractivity contribution is 5.64. The van der Waals surface area contributed by atoms with E-state index in [-0.39, 0.29) is 17.5 Å². The van der Waals surface area contributed by atoms with E-state index >= 15 is 0 Å². The van der Waals surface area contributed by atoms with Gasteiger partial charge < -0.3 is 9.47 Å². The Kier molecular flexibility index (Phi) is 3.75. The molecule has 0 spiro atoms. The second kappa shape index (κ2) is 5.92. The van der Waals surface area contributed by atoms with E-state index in [1.54, 1.807) is 0 Å². The molecule has 3 aliphatic carbocycles. The molecule has 5 atom stereocenters. The summed E-state index contributed by atoms with van der Waals surface area (Å²) in [5.41, 5.74) is -0.0461. The average molecular weight is 329 g/mol. The molecule has 1 aromatic carbocycles. The lowest BCUT2D eigenvalue weighted by Crippen LogP contribution is -2.34. The van der Waals surface area contributed by atoms with E-state index in [0.29, 0.717) is 17.8 Å². The molecule has 3 aliphatic rings. The number of nitro groups is 1. The number of carbonyl (C=O) groups excluding carboxylic acids is 1. The Labute approximate surface area is 139 Å². The monoisotopic (exact) mass is 329 g/mol. The third-order valence-corrected chi connectivity index (χ3v) is 5.73. The van der Waals surface area contributed by atoms with Gasteiger partial charge in [-0.05, 0) is 61.6 Å². The van der Waals surface area contributed by atoms with Gasteiger partial charge in [-0.3, -0.25) is 10.1 Å². The Morgan fingerprint density at radius 1 is 1.08 bits per heavy atom. The van der Waals surface area contributed by atoms with Gasteiger partial charge in [0.25, 0.3) is 5.69 Å². The van der Waals surface area contributed by atoms with Crippen molar-refractivity contribution in [2.24, 2.45) is 23.7 Å². The van der Waals surface area contributed by atoms with E-state index in [2.05, 4.69) is 6.08 Å². The first-order valence-corrected chi connectivity index (χ1v) is 8.43. The van der Waals surface area contributed by atoms with Gasteiger partial charge in [0.1, 0.15) is 11.9 Å². The number of nitrogens with zero attached hydrogens (tertiary/aromatic N) is 1. The van der Waals surface area contributed by atoms with Gasteiger partial charge in [0.05, 0.1) is 4.92 Å². The Bertz CT molecular complexity index is 683. The summed E-state index contributed by atoms with van der Waals surface area (Å²) in [6.45, 7) is 0. The van der Waals surface area contributed by atoms with Crippen LogP contribution in [0.25, 0.3) is 0 Å². The Morgan fingerprint density at radius 3 is 2.58 bits per heavy atom. The van der Waals surface area contributed by atoms with Gasteiger partial charge in [-0.2, -0.15) is 0 Å². The van der Waals surface area contributed by atoms with Crippen molar-refractivity contribution in [3.05, 3.63) is 46.5 Å². The predicted octanol–water partition coefficient (Wildman–Crippen LogP) is 4.10. The van der Waals surface area contributed by atoms with Crippen molar-refractivity contribution in [3.8, 4) is 5.75 Å². The highest BCUT2D eigenvalue weighted by Crippen LogP contribution is 2.54. The molecular formula is C18H19NO5. The molecule has 0 heterocycles. The second-order valence-electron chi connectivity index (χ2n) is 6.89. The Balaban J connectivity index is 1.39. The Morgan fingerprint density at radius 2 is 1.83 bits per heavy atom. The van der Waals surface area contributed by atoms with Crippen molar-refractivity contribution < 1.29 is 19.2 Å². The van der Waals surface area contributed by atoms with Crippen LogP contribution in [0.15, 0.2) is 36.4 Å². The fraction of sp³-hybridized carbons (Fsp3) is 0.500. The van der Waals surface area contributed by atoms with Gasteiger partial charge in [-0.15, -0.1) is 0 Å². The van der Waals surface area contributed by atoms with Gasteiger partial charge in [0.2, 0.25) is 0 Å². The van der Waals surface area contributed by atoms with E-state index in [9.17, 15) is 14.9 Å². The number of nitro benzene ring substituents is 1. The van der Waals surface area contributed by atoms with Crippen LogP contribution in [0.2, 0.25) is 0 Å². The molecule has 6 nitrogen and oxygen atoms in total. The standard InChI is InChI=1S/C18H19NO5/c20-18(23-14-7-5-13(6-8-14)19(21)22)24-16-10-4-12-2-1-11-3-9-15(16)17(11)12/h4-8,10-12,15-17H,1-3,9H2/t11-,12-,15-,16+,17-/m0/s1. The van der Waals surface area contributed by atoms with Crippen molar-refractivity contribution >= 4 is 11.8 Å². The number of rotatable bonds is 3. The van der Waals surface area contributed by atoms with Gasteiger partial charge >= 0.3 is 6.16 Å². The van der Waals surface area contributed by atoms with Gasteiger partial charge in [0.15, 0.2) is 0 Å². The lowest BCUT2D eigenvalue weighted by atomic mass is 9.77. The molecule has 0 saturated heterocycles. The molecule has 2 fully saturated rings. The Hall–Kier alpha value is -2.37. The summed E-state index contributed by atoms with van der Waals surface area (Å²) in [4.78, 5) is 22.2. The maximum atomic E-state index is 12.1. The molecule has 0 bridgehead atoms. The quantitative estimate of drug-likeness (QED) is 0.274. The number of hydrogen-bond acceptors (Lipinski definition) is 5. The summed E-state index contributed by atoms with van der Waals surface area (Å²) >= 11 is 0. The zero-order valence-electron chi connectivity index (χ0n) is 13.2. The summed E-state index contributed by atoms with van der Waals surface area (Å²) in [5.74, 6) is 2.72. The van der Waals surface area contributed by atoms with Gasteiger partial charge in [-0.1, -0.05) is 6.08 Å². The SMILES string of the molecule is O=C(Oc1ccc([N+](=O)[O-])cc1)O[C@@H]1C=C[C@@H]2CC[C@H]3CC[C@@H]1[C@@H]32. The summed E-state index contributed by atoms with van der Waals surface area (Å²) in [6, 6.07) is 5.39. The molecule has 0 aromatic heterocycles. The third kappa shape index (κ3) is 2.66. The molecule has 24 heavy (non-hydrogen) atoms. The molecule has 1 aromatic rings. The number of carbonyl (C=O) groups is 1. The van der Waals surface area contributed by atoms with E-state index < -0.39 is 11.1 Å². The molecular weight excluding hydrogens is 310 g/mol. The molecule has 0 aliphatic heterocycles. The minimum atomic E-state index is -0.751. The van der Waals surface area contributed by atoms with Crippen LogP contribution in [-0.2, 0) is 4.74 Å². The van der Waals surface area contributed by atoms with Crippen molar-refractivity contribution in [1.82, 2.24) is 0 Å². The van der Waals surface area contributed by atoms with E-state index in [1.165, 1.54) is 43.5 Å². The lowest BCUT2D eigenvalue weighted by molar-refractivity contribution is -0.384. The second-order valence-corrected chi connectivity index (χ2v) is 6.89.